The van der Waals surface area contributed by atoms with Crippen molar-refractivity contribution in [2.24, 2.45) is 0 Å². The van der Waals surface area contributed by atoms with Crippen LogP contribution in [0, 0.1) is 0 Å². The third-order valence-electron chi connectivity index (χ3n) is 2.87. The number of nitrogens with zero attached hydrogens (tertiary/aromatic N) is 2. The summed E-state index contributed by atoms with van der Waals surface area (Å²) in [5.74, 6) is 1.46. The number of hydrogen-bond acceptors (Lipinski definition) is 6. The van der Waals surface area contributed by atoms with E-state index in [1.807, 2.05) is 7.05 Å². The summed E-state index contributed by atoms with van der Waals surface area (Å²) >= 11 is 1.70. The second kappa shape index (κ2) is 6.16. The molecule has 2 aromatic heterocycles. The predicted molar refractivity (Wildman–Crippen MR) is 81.1 cm³/mol. The predicted octanol–water partition coefficient (Wildman–Crippen LogP) is 2.48. The monoisotopic (exact) mass is 280 g/mol. The summed E-state index contributed by atoms with van der Waals surface area (Å²) in [7, 11) is 1.81. The SMILES string of the molecule is CCc1cc2c(NCCC(C)O)nc(NC)nc2s1. The molecule has 0 aliphatic carbocycles. The maximum atomic E-state index is 9.30. The van der Waals surface area contributed by atoms with Crippen LogP contribution in [0.15, 0.2) is 6.07 Å². The Hall–Kier alpha value is -1.40. The van der Waals surface area contributed by atoms with Crippen molar-refractivity contribution in [2.45, 2.75) is 32.8 Å². The van der Waals surface area contributed by atoms with Crippen molar-refractivity contribution < 1.29 is 5.11 Å². The van der Waals surface area contributed by atoms with E-state index >= 15 is 0 Å². The summed E-state index contributed by atoms with van der Waals surface area (Å²) in [6.45, 7) is 4.62. The molecule has 2 aromatic rings. The zero-order valence-corrected chi connectivity index (χ0v) is 12.3. The number of fused-ring (bicyclic) bond motifs is 1. The van der Waals surface area contributed by atoms with E-state index in [1.54, 1.807) is 18.3 Å². The maximum Gasteiger partial charge on any atom is 0.225 e. The highest BCUT2D eigenvalue weighted by Crippen LogP contribution is 2.30. The summed E-state index contributed by atoms with van der Waals surface area (Å²) in [5, 5.41) is 16.6. The van der Waals surface area contributed by atoms with Gasteiger partial charge in [0.25, 0.3) is 0 Å². The van der Waals surface area contributed by atoms with E-state index in [1.165, 1.54) is 4.88 Å². The minimum Gasteiger partial charge on any atom is -0.393 e. The number of aryl methyl sites for hydroxylation is 1. The number of anilines is 2. The molecule has 0 saturated carbocycles. The Bertz CT molecular complexity index is 553. The lowest BCUT2D eigenvalue weighted by atomic mass is 10.2. The van der Waals surface area contributed by atoms with Crippen molar-refractivity contribution in [3.63, 3.8) is 0 Å². The van der Waals surface area contributed by atoms with Gasteiger partial charge in [-0.15, -0.1) is 11.3 Å². The van der Waals surface area contributed by atoms with Crippen molar-refractivity contribution in [3.8, 4) is 0 Å². The number of aliphatic hydroxyl groups excluding tert-OH is 1. The number of aromatic nitrogens is 2. The summed E-state index contributed by atoms with van der Waals surface area (Å²) in [4.78, 5) is 11.2. The van der Waals surface area contributed by atoms with E-state index in [-0.39, 0.29) is 6.10 Å². The Balaban J connectivity index is 2.30. The first-order valence-corrected chi connectivity index (χ1v) is 7.35. The van der Waals surface area contributed by atoms with Gasteiger partial charge in [-0.2, -0.15) is 4.98 Å². The van der Waals surface area contributed by atoms with Crippen molar-refractivity contribution in [1.29, 1.82) is 0 Å². The molecule has 19 heavy (non-hydrogen) atoms. The fourth-order valence-corrected chi connectivity index (χ4v) is 2.76. The second-order valence-electron chi connectivity index (χ2n) is 4.50. The minimum absolute atomic E-state index is 0.303. The van der Waals surface area contributed by atoms with Crippen molar-refractivity contribution in [1.82, 2.24) is 9.97 Å². The quantitative estimate of drug-likeness (QED) is 0.758. The first-order valence-electron chi connectivity index (χ1n) is 6.54. The molecule has 2 rings (SSSR count). The van der Waals surface area contributed by atoms with Crippen LogP contribution >= 0.6 is 11.3 Å². The molecule has 104 valence electrons. The normalized spacial score (nSPS) is 12.6. The average molecular weight is 280 g/mol. The molecule has 0 radical (unpaired) electrons. The Morgan fingerprint density at radius 1 is 1.42 bits per heavy atom. The second-order valence-corrected chi connectivity index (χ2v) is 5.61. The Morgan fingerprint density at radius 3 is 2.84 bits per heavy atom. The number of nitrogens with one attached hydrogen (secondary N) is 2. The van der Waals surface area contributed by atoms with E-state index in [2.05, 4.69) is 33.6 Å². The molecule has 0 bridgehead atoms. The van der Waals surface area contributed by atoms with Gasteiger partial charge in [-0.1, -0.05) is 6.92 Å². The van der Waals surface area contributed by atoms with Gasteiger partial charge in [0.1, 0.15) is 10.6 Å². The maximum absolute atomic E-state index is 9.30. The zero-order chi connectivity index (χ0) is 13.8. The highest BCUT2D eigenvalue weighted by Gasteiger charge is 2.10. The lowest BCUT2D eigenvalue weighted by Gasteiger charge is -2.09. The van der Waals surface area contributed by atoms with E-state index in [0.29, 0.717) is 18.9 Å². The fourth-order valence-electron chi connectivity index (χ4n) is 1.79. The van der Waals surface area contributed by atoms with Crippen LogP contribution in [0.3, 0.4) is 0 Å². The molecule has 0 saturated heterocycles. The van der Waals surface area contributed by atoms with Crippen LogP contribution in [0.5, 0.6) is 0 Å². The lowest BCUT2D eigenvalue weighted by molar-refractivity contribution is 0.188. The summed E-state index contributed by atoms with van der Waals surface area (Å²) < 4.78 is 0. The van der Waals surface area contributed by atoms with Gasteiger partial charge in [-0.3, -0.25) is 0 Å². The molecule has 0 amide bonds. The van der Waals surface area contributed by atoms with Crippen LogP contribution in [0.4, 0.5) is 11.8 Å². The van der Waals surface area contributed by atoms with Gasteiger partial charge < -0.3 is 15.7 Å². The van der Waals surface area contributed by atoms with Crippen LogP contribution in [0.25, 0.3) is 10.2 Å². The molecule has 6 heteroatoms. The van der Waals surface area contributed by atoms with Crippen molar-refractivity contribution in [3.05, 3.63) is 10.9 Å². The van der Waals surface area contributed by atoms with E-state index in [9.17, 15) is 5.11 Å². The topological polar surface area (TPSA) is 70.1 Å². The molecule has 5 nitrogen and oxygen atoms in total. The number of aliphatic hydroxyl groups is 1. The lowest BCUT2D eigenvalue weighted by Crippen LogP contribution is -2.11. The molecule has 0 aliphatic rings. The Labute approximate surface area is 117 Å². The van der Waals surface area contributed by atoms with Gasteiger partial charge in [0, 0.05) is 18.5 Å². The molecule has 1 unspecified atom stereocenters. The molecule has 0 fully saturated rings. The van der Waals surface area contributed by atoms with Gasteiger partial charge >= 0.3 is 0 Å². The van der Waals surface area contributed by atoms with Crippen LogP contribution in [0.1, 0.15) is 25.1 Å². The first kappa shape index (κ1) is 14.0. The Kier molecular flexibility index (Phi) is 4.55. The molecule has 0 spiro atoms. The molecule has 2 heterocycles. The molecule has 1 atom stereocenters. The minimum atomic E-state index is -0.303. The molecule has 3 N–H and O–H groups in total. The largest absolute Gasteiger partial charge is 0.393 e. The number of rotatable bonds is 6. The Morgan fingerprint density at radius 2 is 2.21 bits per heavy atom. The van der Waals surface area contributed by atoms with Crippen LogP contribution in [-0.2, 0) is 6.42 Å². The van der Waals surface area contributed by atoms with E-state index in [0.717, 1.165) is 22.5 Å². The highest BCUT2D eigenvalue weighted by molar-refractivity contribution is 7.18. The van der Waals surface area contributed by atoms with Gasteiger partial charge in [0.15, 0.2) is 0 Å². The van der Waals surface area contributed by atoms with Gasteiger partial charge in [0.2, 0.25) is 5.95 Å². The molecule has 0 aliphatic heterocycles. The molecule has 0 aromatic carbocycles. The van der Waals surface area contributed by atoms with Crippen molar-refractivity contribution in [2.75, 3.05) is 24.2 Å². The van der Waals surface area contributed by atoms with Crippen LogP contribution < -0.4 is 10.6 Å². The van der Waals surface area contributed by atoms with E-state index < -0.39 is 0 Å². The van der Waals surface area contributed by atoms with Crippen molar-refractivity contribution >= 4 is 33.3 Å². The van der Waals surface area contributed by atoms with Gasteiger partial charge in [-0.05, 0) is 25.8 Å². The van der Waals surface area contributed by atoms with Crippen LogP contribution in [-0.4, -0.2) is 34.8 Å². The highest BCUT2D eigenvalue weighted by atomic mass is 32.1. The fraction of sp³-hybridized carbons (Fsp3) is 0.538. The van der Waals surface area contributed by atoms with Gasteiger partial charge in [0.05, 0.1) is 11.5 Å². The van der Waals surface area contributed by atoms with Crippen LogP contribution in [0.2, 0.25) is 0 Å². The zero-order valence-electron chi connectivity index (χ0n) is 11.5. The summed E-state index contributed by atoms with van der Waals surface area (Å²) in [5.41, 5.74) is 0. The average Bonchev–Trinajstić information content (AvgIpc) is 2.81. The third kappa shape index (κ3) is 3.33. The smallest absolute Gasteiger partial charge is 0.225 e. The number of thiophene rings is 1. The first-order chi connectivity index (χ1) is 9.13. The van der Waals surface area contributed by atoms with Gasteiger partial charge in [-0.25, -0.2) is 4.98 Å². The summed E-state index contributed by atoms with van der Waals surface area (Å²) in [6.07, 6.45) is 1.40. The summed E-state index contributed by atoms with van der Waals surface area (Å²) in [6, 6.07) is 2.14. The van der Waals surface area contributed by atoms with E-state index in [4.69, 9.17) is 0 Å². The molecular weight excluding hydrogens is 260 g/mol. The third-order valence-corrected chi connectivity index (χ3v) is 4.04. The standard InChI is InChI=1S/C13H20N4OS/c1-4-9-7-10-11(15-6-5-8(2)18)16-13(14-3)17-12(10)19-9/h7-8,18H,4-6H2,1-3H3,(H2,14,15,16,17). The number of hydrogen-bond donors (Lipinski definition) is 3. The molecular formula is C13H20N4OS.